The quantitative estimate of drug-likeness (QED) is 0.583. The van der Waals surface area contributed by atoms with E-state index in [2.05, 4.69) is 24.3 Å². The van der Waals surface area contributed by atoms with Gasteiger partial charge in [-0.1, -0.05) is 37.1 Å². The minimum atomic E-state index is -0.833. The number of methoxy groups -OCH3 is 1. The van der Waals surface area contributed by atoms with E-state index in [0.29, 0.717) is 5.92 Å². The fourth-order valence-electron chi connectivity index (χ4n) is 3.47. The van der Waals surface area contributed by atoms with Crippen LogP contribution in [0.5, 0.6) is 0 Å². The first-order valence-electron chi connectivity index (χ1n) is 9.57. The third-order valence-corrected chi connectivity index (χ3v) is 4.97. The molecule has 0 aromatic heterocycles. The van der Waals surface area contributed by atoms with Crippen LogP contribution in [-0.4, -0.2) is 42.0 Å². The van der Waals surface area contributed by atoms with E-state index in [1.54, 1.807) is 7.11 Å². The average Bonchev–Trinajstić information content (AvgIpc) is 3.01. The van der Waals surface area contributed by atoms with Crippen molar-refractivity contribution in [2.24, 2.45) is 5.73 Å². The molecule has 1 unspecified atom stereocenters. The maximum Gasteiger partial charge on any atom is 0.300 e. The van der Waals surface area contributed by atoms with E-state index < -0.39 is 5.97 Å². The van der Waals surface area contributed by atoms with Crippen LogP contribution in [0, 0.1) is 0 Å². The topological polar surface area (TPSA) is 92.8 Å². The van der Waals surface area contributed by atoms with Crippen molar-refractivity contribution in [2.75, 3.05) is 20.3 Å². The first-order chi connectivity index (χ1) is 12.4. The number of nitrogens with two attached hydrogens (primary N) is 1. The highest BCUT2D eigenvalue weighted by Crippen LogP contribution is 2.39. The number of ether oxygens (including phenoxy) is 1. The molecule has 0 aliphatic heterocycles. The SMILES string of the molecule is CC(=O)O.COCCCCCCc1ccc(C2CC[C@](N)(CO)C2)cc1. The summed E-state index contributed by atoms with van der Waals surface area (Å²) in [4.78, 5) is 9.00. The van der Waals surface area contributed by atoms with Crippen LogP contribution in [0.15, 0.2) is 24.3 Å². The van der Waals surface area contributed by atoms with Gasteiger partial charge in [-0.05, 0) is 55.6 Å². The largest absolute Gasteiger partial charge is 0.481 e. The molecule has 148 valence electrons. The highest BCUT2D eigenvalue weighted by atomic mass is 16.5. The number of carboxylic acid groups (broad SMARTS) is 1. The van der Waals surface area contributed by atoms with Gasteiger partial charge in [-0.15, -0.1) is 0 Å². The number of rotatable bonds is 9. The molecule has 0 radical (unpaired) electrons. The predicted molar refractivity (Wildman–Crippen MR) is 104 cm³/mol. The van der Waals surface area contributed by atoms with Crippen LogP contribution in [0.4, 0.5) is 0 Å². The van der Waals surface area contributed by atoms with E-state index in [9.17, 15) is 5.11 Å². The number of unbranched alkanes of at least 4 members (excludes halogenated alkanes) is 3. The highest BCUT2D eigenvalue weighted by Gasteiger charge is 2.35. The predicted octanol–water partition coefficient (Wildman–Crippen LogP) is 3.48. The fourth-order valence-corrected chi connectivity index (χ4v) is 3.47. The van der Waals surface area contributed by atoms with E-state index in [-0.39, 0.29) is 12.1 Å². The number of benzene rings is 1. The van der Waals surface area contributed by atoms with Crippen LogP contribution in [-0.2, 0) is 16.0 Å². The molecule has 2 rings (SSSR count). The molecule has 1 aliphatic rings. The van der Waals surface area contributed by atoms with Gasteiger partial charge in [-0.2, -0.15) is 0 Å². The molecular weight excluding hydrogens is 330 g/mol. The summed E-state index contributed by atoms with van der Waals surface area (Å²) < 4.78 is 5.07. The Labute approximate surface area is 157 Å². The van der Waals surface area contributed by atoms with Crippen LogP contribution >= 0.6 is 0 Å². The van der Waals surface area contributed by atoms with Gasteiger partial charge in [0.2, 0.25) is 0 Å². The van der Waals surface area contributed by atoms with Gasteiger partial charge in [0.25, 0.3) is 5.97 Å². The van der Waals surface area contributed by atoms with Gasteiger partial charge in [0.1, 0.15) is 0 Å². The maximum atomic E-state index is 9.38. The summed E-state index contributed by atoms with van der Waals surface area (Å²) in [6.45, 7) is 2.07. The molecule has 2 atom stereocenters. The van der Waals surface area contributed by atoms with E-state index in [1.165, 1.54) is 36.8 Å². The second-order valence-electron chi connectivity index (χ2n) is 7.38. The smallest absolute Gasteiger partial charge is 0.300 e. The van der Waals surface area contributed by atoms with Crippen molar-refractivity contribution in [3.63, 3.8) is 0 Å². The van der Waals surface area contributed by atoms with Crippen molar-refractivity contribution >= 4 is 5.97 Å². The van der Waals surface area contributed by atoms with Crippen molar-refractivity contribution in [3.8, 4) is 0 Å². The van der Waals surface area contributed by atoms with E-state index >= 15 is 0 Å². The number of hydrogen-bond acceptors (Lipinski definition) is 4. The van der Waals surface area contributed by atoms with Gasteiger partial charge in [0, 0.05) is 26.2 Å². The molecule has 1 aromatic carbocycles. The minimum Gasteiger partial charge on any atom is -0.481 e. The molecule has 5 heteroatoms. The van der Waals surface area contributed by atoms with Crippen LogP contribution in [0.2, 0.25) is 0 Å². The number of hydrogen-bond donors (Lipinski definition) is 3. The second-order valence-corrected chi connectivity index (χ2v) is 7.38. The van der Waals surface area contributed by atoms with Gasteiger partial charge in [0.05, 0.1) is 6.61 Å². The third-order valence-electron chi connectivity index (χ3n) is 4.97. The van der Waals surface area contributed by atoms with Crippen LogP contribution in [0.3, 0.4) is 0 Å². The lowest BCUT2D eigenvalue weighted by atomic mass is 9.92. The lowest BCUT2D eigenvalue weighted by molar-refractivity contribution is -0.134. The standard InChI is InChI=1S/C19H31NO2.C2H4O2/c1-22-13-5-3-2-4-6-16-7-9-17(10-8-16)18-11-12-19(20,14-18)15-21;1-2(3)4/h7-10,18,21H,2-6,11-15,20H2,1H3;1H3,(H,3,4)/t18?,19-;/m1./s1. The molecule has 5 nitrogen and oxygen atoms in total. The van der Waals surface area contributed by atoms with Crippen LogP contribution in [0.1, 0.15) is 68.9 Å². The molecule has 1 aliphatic carbocycles. The second kappa shape index (κ2) is 12.0. The molecule has 0 saturated heterocycles. The van der Waals surface area contributed by atoms with Gasteiger partial charge in [-0.25, -0.2) is 0 Å². The normalized spacial score (nSPS) is 21.9. The van der Waals surface area contributed by atoms with Crippen molar-refractivity contribution in [1.82, 2.24) is 0 Å². The first kappa shape index (κ1) is 22.6. The molecular formula is C21H35NO4. The molecule has 0 bridgehead atoms. The Balaban J connectivity index is 0.000000765. The maximum absolute atomic E-state index is 9.38. The minimum absolute atomic E-state index is 0.102. The number of aliphatic hydroxyl groups excluding tert-OH is 1. The molecule has 26 heavy (non-hydrogen) atoms. The summed E-state index contributed by atoms with van der Waals surface area (Å²) in [5.74, 6) is -0.319. The zero-order valence-electron chi connectivity index (χ0n) is 16.2. The number of carboxylic acids is 1. The Bertz CT molecular complexity index is 513. The first-order valence-corrected chi connectivity index (χ1v) is 9.57. The lowest BCUT2D eigenvalue weighted by Gasteiger charge is -2.21. The number of aryl methyl sites for hydroxylation is 1. The summed E-state index contributed by atoms with van der Waals surface area (Å²) in [6.07, 6.45) is 9.05. The van der Waals surface area contributed by atoms with Crippen molar-refractivity contribution in [1.29, 1.82) is 0 Å². The Hall–Kier alpha value is -1.43. The summed E-state index contributed by atoms with van der Waals surface area (Å²) in [5.41, 5.74) is 8.62. The third kappa shape index (κ3) is 8.79. The van der Waals surface area contributed by atoms with Crippen molar-refractivity contribution < 1.29 is 19.7 Å². The Morgan fingerprint density at radius 3 is 2.38 bits per heavy atom. The Kier molecular flexibility index (Phi) is 10.5. The zero-order chi connectivity index (χ0) is 19.4. The van der Waals surface area contributed by atoms with E-state index in [4.69, 9.17) is 20.4 Å². The summed E-state index contributed by atoms with van der Waals surface area (Å²) in [7, 11) is 1.77. The summed E-state index contributed by atoms with van der Waals surface area (Å²) >= 11 is 0. The van der Waals surface area contributed by atoms with Crippen molar-refractivity contribution in [2.45, 2.75) is 69.7 Å². The molecule has 1 saturated carbocycles. The van der Waals surface area contributed by atoms with Crippen molar-refractivity contribution in [3.05, 3.63) is 35.4 Å². The summed E-state index contributed by atoms with van der Waals surface area (Å²) in [6, 6.07) is 9.04. The molecule has 0 amide bonds. The molecule has 0 spiro atoms. The van der Waals surface area contributed by atoms with Crippen LogP contribution in [0.25, 0.3) is 0 Å². The number of aliphatic carboxylic acids is 1. The van der Waals surface area contributed by atoms with Gasteiger partial charge < -0.3 is 20.7 Å². The summed E-state index contributed by atoms with van der Waals surface area (Å²) in [5, 5.41) is 16.8. The Morgan fingerprint density at radius 1 is 1.23 bits per heavy atom. The fraction of sp³-hybridized carbons (Fsp3) is 0.667. The number of carbonyl (C=O) groups is 1. The van der Waals surface area contributed by atoms with E-state index in [1.807, 2.05) is 0 Å². The molecule has 1 fully saturated rings. The number of aliphatic hydroxyl groups is 1. The Morgan fingerprint density at radius 2 is 1.85 bits per heavy atom. The van der Waals surface area contributed by atoms with Gasteiger partial charge in [0.15, 0.2) is 0 Å². The van der Waals surface area contributed by atoms with E-state index in [0.717, 1.165) is 39.2 Å². The van der Waals surface area contributed by atoms with Gasteiger partial charge in [-0.3, -0.25) is 4.79 Å². The average molecular weight is 366 g/mol. The monoisotopic (exact) mass is 365 g/mol. The molecule has 1 aromatic rings. The lowest BCUT2D eigenvalue weighted by Crippen LogP contribution is -2.40. The zero-order valence-corrected chi connectivity index (χ0v) is 16.2. The van der Waals surface area contributed by atoms with Crippen LogP contribution < -0.4 is 5.73 Å². The highest BCUT2D eigenvalue weighted by molar-refractivity contribution is 5.62. The molecule has 4 N–H and O–H groups in total. The van der Waals surface area contributed by atoms with Gasteiger partial charge >= 0.3 is 0 Å². The molecule has 0 heterocycles.